The van der Waals surface area contributed by atoms with E-state index in [9.17, 15) is 14.0 Å². The molecule has 0 radical (unpaired) electrons. The molecule has 0 bridgehead atoms. The van der Waals surface area contributed by atoms with Crippen molar-refractivity contribution in [1.29, 1.82) is 0 Å². The molecule has 3 amide bonds. The first-order valence-electron chi connectivity index (χ1n) is 16.5. The molecular weight excluding hydrogens is 644 g/mol. The second-order valence-corrected chi connectivity index (χ2v) is 12.8. The van der Waals surface area contributed by atoms with E-state index in [1.54, 1.807) is 18.5 Å². The number of hydrogen-bond donors (Lipinski definition) is 2. The summed E-state index contributed by atoms with van der Waals surface area (Å²) in [5.74, 6) is -0.147. The number of benzene rings is 1. The lowest BCUT2D eigenvalue weighted by Crippen LogP contribution is -2.49. The molecule has 2 saturated heterocycles. The number of halogens is 2. The molecule has 13 nitrogen and oxygen atoms in total. The summed E-state index contributed by atoms with van der Waals surface area (Å²) in [5, 5.41) is 5.37. The fourth-order valence-corrected chi connectivity index (χ4v) is 6.47. The molecule has 7 rings (SSSR count). The fraction of sp³-hybridized carbons (Fsp3) is 0.343. The zero-order chi connectivity index (χ0) is 34.9. The number of urea groups is 1. The number of fused-ring (bicyclic) bond motifs is 1. The predicted octanol–water partition coefficient (Wildman–Crippen LogP) is 4.96. The number of amides is 3. The number of carbonyl (C=O) groups excluding carboxylic acids is 2. The van der Waals surface area contributed by atoms with Gasteiger partial charge in [-0.25, -0.2) is 33.5 Å². The summed E-state index contributed by atoms with van der Waals surface area (Å²) in [4.78, 5) is 51.7. The van der Waals surface area contributed by atoms with Crippen molar-refractivity contribution in [2.45, 2.75) is 46.3 Å². The third-order valence-electron chi connectivity index (χ3n) is 8.96. The van der Waals surface area contributed by atoms with Crippen LogP contribution in [0.3, 0.4) is 0 Å². The van der Waals surface area contributed by atoms with Crippen molar-refractivity contribution in [3.8, 4) is 11.3 Å². The van der Waals surface area contributed by atoms with E-state index >= 15 is 4.39 Å². The van der Waals surface area contributed by atoms with Crippen LogP contribution in [0.15, 0.2) is 55.0 Å². The first-order valence-corrected chi connectivity index (χ1v) is 16.5. The van der Waals surface area contributed by atoms with Crippen molar-refractivity contribution < 1.29 is 18.4 Å². The van der Waals surface area contributed by atoms with Gasteiger partial charge in [-0.05, 0) is 56.7 Å². The second-order valence-electron chi connectivity index (χ2n) is 12.8. The molecule has 258 valence electrons. The van der Waals surface area contributed by atoms with Gasteiger partial charge in [-0.1, -0.05) is 6.07 Å². The van der Waals surface area contributed by atoms with Gasteiger partial charge in [-0.3, -0.25) is 29.8 Å². The van der Waals surface area contributed by atoms with Gasteiger partial charge in [0, 0.05) is 70.0 Å². The van der Waals surface area contributed by atoms with Crippen molar-refractivity contribution in [2.75, 3.05) is 42.9 Å². The normalized spacial score (nSPS) is 16.0. The number of nitrogens with one attached hydrogen (secondary N) is 2. The van der Waals surface area contributed by atoms with Crippen LogP contribution in [0.4, 0.5) is 31.0 Å². The molecule has 0 atom stereocenters. The maximum atomic E-state index is 15.1. The van der Waals surface area contributed by atoms with Crippen molar-refractivity contribution >= 4 is 40.4 Å². The molecule has 0 spiro atoms. The van der Waals surface area contributed by atoms with Crippen molar-refractivity contribution in [2.24, 2.45) is 0 Å². The number of rotatable bonds is 9. The van der Waals surface area contributed by atoms with Crippen molar-refractivity contribution in [3.63, 3.8) is 0 Å². The SMILES string of the molecule is Cc1nc2c(F)cc(-c3nc(Nc4ccc(CN5CCN(Cc6ccc(N7CCC(=O)NC7=O)cn6)CC5)cn4)ncc3F)cc2n1C(C)C. The fourth-order valence-electron chi connectivity index (χ4n) is 6.47. The van der Waals surface area contributed by atoms with E-state index in [-0.39, 0.29) is 35.5 Å². The Kier molecular flexibility index (Phi) is 9.16. The van der Waals surface area contributed by atoms with E-state index in [1.165, 1.54) is 11.0 Å². The number of piperazine rings is 1. The van der Waals surface area contributed by atoms with Crippen LogP contribution in [-0.2, 0) is 17.9 Å². The number of pyridine rings is 2. The Morgan fingerprint density at radius 2 is 1.64 bits per heavy atom. The van der Waals surface area contributed by atoms with Gasteiger partial charge in [0.2, 0.25) is 11.9 Å². The first kappa shape index (κ1) is 33.1. The first-order chi connectivity index (χ1) is 24.1. The molecule has 2 N–H and O–H groups in total. The lowest BCUT2D eigenvalue weighted by atomic mass is 10.1. The molecular formula is C35H37F2N11O2. The Morgan fingerprint density at radius 3 is 2.32 bits per heavy atom. The number of imidazole rings is 1. The minimum Gasteiger partial charge on any atom is -0.326 e. The van der Waals surface area contributed by atoms with Crippen molar-refractivity contribution in [3.05, 3.63) is 83.7 Å². The van der Waals surface area contributed by atoms with Crippen molar-refractivity contribution in [1.82, 2.24) is 44.6 Å². The van der Waals surface area contributed by atoms with Crippen LogP contribution < -0.4 is 15.5 Å². The van der Waals surface area contributed by atoms with Gasteiger partial charge >= 0.3 is 6.03 Å². The molecule has 15 heteroatoms. The maximum absolute atomic E-state index is 15.1. The van der Waals surface area contributed by atoms with E-state index in [0.29, 0.717) is 41.5 Å². The lowest BCUT2D eigenvalue weighted by Gasteiger charge is -2.34. The minimum atomic E-state index is -0.665. The molecule has 2 aliphatic rings. The van der Waals surface area contributed by atoms with Gasteiger partial charge in [0.1, 0.15) is 22.9 Å². The predicted molar refractivity (Wildman–Crippen MR) is 184 cm³/mol. The molecule has 5 aromatic rings. The highest BCUT2D eigenvalue weighted by Crippen LogP contribution is 2.30. The van der Waals surface area contributed by atoms with Gasteiger partial charge in [0.15, 0.2) is 11.6 Å². The zero-order valence-corrected chi connectivity index (χ0v) is 28.0. The molecule has 0 saturated carbocycles. The van der Waals surface area contributed by atoms with Gasteiger partial charge in [-0.15, -0.1) is 0 Å². The standard InChI is InChI=1S/C35H37F2N11O2/c1-21(2)48-22(3)41-33-27(36)14-24(15-29(33)48)32-28(37)18-40-34(44-32)42-30-7-4-23(16-39-30)19-45-10-12-46(13-11-45)20-25-5-6-26(17-38-25)47-9-8-31(49)43-35(47)50/h4-7,14-18,21H,8-13,19-20H2,1-3H3,(H,43,49,50)(H,39,40,42,44). The average Bonchev–Trinajstić information content (AvgIpc) is 3.44. The minimum absolute atomic E-state index is 0.0220. The Hall–Kier alpha value is -5.41. The summed E-state index contributed by atoms with van der Waals surface area (Å²) in [6.45, 7) is 11.1. The number of hydrogen-bond acceptors (Lipinski definition) is 10. The summed E-state index contributed by atoms with van der Waals surface area (Å²) in [5.41, 5.74) is 3.72. The number of carbonyl (C=O) groups is 2. The van der Waals surface area contributed by atoms with E-state index < -0.39 is 17.7 Å². The van der Waals surface area contributed by atoms with Gasteiger partial charge in [-0.2, -0.15) is 0 Å². The van der Waals surface area contributed by atoms with Crippen LogP contribution in [-0.4, -0.2) is 83.9 Å². The van der Waals surface area contributed by atoms with Crippen LogP contribution in [0.2, 0.25) is 0 Å². The van der Waals surface area contributed by atoms with Crippen LogP contribution in [0.1, 0.15) is 43.4 Å². The molecule has 2 fully saturated rings. The monoisotopic (exact) mass is 681 g/mol. The molecule has 1 aromatic carbocycles. The topological polar surface area (TPSA) is 137 Å². The number of imide groups is 1. The highest BCUT2D eigenvalue weighted by Gasteiger charge is 2.25. The zero-order valence-electron chi connectivity index (χ0n) is 28.0. The Bertz CT molecular complexity index is 2040. The highest BCUT2D eigenvalue weighted by molar-refractivity contribution is 6.05. The maximum Gasteiger partial charge on any atom is 0.328 e. The Morgan fingerprint density at radius 1 is 0.860 bits per heavy atom. The third-order valence-corrected chi connectivity index (χ3v) is 8.96. The molecule has 0 aliphatic carbocycles. The van der Waals surface area contributed by atoms with Gasteiger partial charge in [0.05, 0.1) is 29.3 Å². The van der Waals surface area contributed by atoms with Crippen LogP contribution >= 0.6 is 0 Å². The summed E-state index contributed by atoms with van der Waals surface area (Å²) in [7, 11) is 0. The van der Waals surface area contributed by atoms with Crippen LogP contribution in [0.25, 0.3) is 22.3 Å². The number of aromatic nitrogens is 6. The molecule has 6 heterocycles. The highest BCUT2D eigenvalue weighted by atomic mass is 19.1. The quantitative estimate of drug-likeness (QED) is 0.220. The number of nitrogens with zero attached hydrogens (tertiary/aromatic N) is 9. The lowest BCUT2D eigenvalue weighted by molar-refractivity contribution is -0.120. The molecule has 0 unspecified atom stereocenters. The van der Waals surface area contributed by atoms with Crippen LogP contribution in [0.5, 0.6) is 0 Å². The summed E-state index contributed by atoms with van der Waals surface area (Å²) >= 11 is 0. The summed E-state index contributed by atoms with van der Waals surface area (Å²) in [6, 6.07) is 10.2. The van der Waals surface area contributed by atoms with E-state index in [1.807, 2.05) is 49.6 Å². The largest absolute Gasteiger partial charge is 0.328 e. The Labute approximate surface area is 287 Å². The third kappa shape index (κ3) is 7.00. The smallest absolute Gasteiger partial charge is 0.326 e. The molecule has 50 heavy (non-hydrogen) atoms. The van der Waals surface area contributed by atoms with E-state index in [0.717, 1.165) is 50.2 Å². The van der Waals surface area contributed by atoms with Gasteiger partial charge < -0.3 is 9.88 Å². The van der Waals surface area contributed by atoms with E-state index in [2.05, 4.69) is 45.4 Å². The number of aryl methyl sites for hydroxylation is 1. The van der Waals surface area contributed by atoms with Gasteiger partial charge in [0.25, 0.3) is 0 Å². The molecule has 2 aliphatic heterocycles. The molecule has 4 aromatic heterocycles. The number of anilines is 3. The summed E-state index contributed by atoms with van der Waals surface area (Å²) in [6.07, 6.45) is 4.81. The Balaban J connectivity index is 0.934. The average molecular weight is 682 g/mol. The van der Waals surface area contributed by atoms with Crippen LogP contribution in [0, 0.1) is 18.6 Å². The summed E-state index contributed by atoms with van der Waals surface area (Å²) < 4.78 is 31.9. The second kappa shape index (κ2) is 13.8. The van der Waals surface area contributed by atoms with E-state index in [4.69, 9.17) is 0 Å².